The highest BCUT2D eigenvalue weighted by Crippen LogP contribution is 2.23. The number of nitrogens with zero attached hydrogens (tertiary/aromatic N) is 1. The highest BCUT2D eigenvalue weighted by atomic mass is 32.2. The zero-order valence-electron chi connectivity index (χ0n) is 17.7. The topological polar surface area (TPSA) is 131 Å². The van der Waals surface area contributed by atoms with Crippen LogP contribution in [-0.2, 0) is 32.9 Å². The van der Waals surface area contributed by atoms with Crippen LogP contribution in [0.5, 0.6) is 0 Å². The Morgan fingerprint density at radius 1 is 0.750 bits per heavy atom. The van der Waals surface area contributed by atoms with E-state index in [1.165, 1.54) is 6.92 Å². The van der Waals surface area contributed by atoms with Gasteiger partial charge in [-0.25, -0.2) is 31.3 Å². The lowest BCUT2D eigenvalue weighted by Crippen LogP contribution is -2.29. The van der Waals surface area contributed by atoms with E-state index in [2.05, 4.69) is 14.4 Å². The normalized spacial score (nSPS) is 12.0. The van der Waals surface area contributed by atoms with Crippen LogP contribution in [0, 0.1) is 6.92 Å². The summed E-state index contributed by atoms with van der Waals surface area (Å²) in [5.74, 6) is -0.252. The number of aryl methyl sites for hydroxylation is 1. The van der Waals surface area contributed by atoms with Crippen molar-refractivity contribution in [2.75, 3.05) is 18.8 Å². The fourth-order valence-electron chi connectivity index (χ4n) is 3.18. The lowest BCUT2D eigenvalue weighted by molar-refractivity contribution is 0.578. The van der Waals surface area contributed by atoms with E-state index < -0.39 is 20.0 Å². The van der Waals surface area contributed by atoms with Crippen LogP contribution in [-0.4, -0.2) is 34.9 Å². The van der Waals surface area contributed by atoms with Crippen molar-refractivity contribution in [3.8, 4) is 0 Å². The first-order chi connectivity index (χ1) is 15.2. The van der Waals surface area contributed by atoms with Gasteiger partial charge >= 0.3 is 0 Å². The van der Waals surface area contributed by atoms with E-state index >= 15 is 0 Å². The molecule has 0 amide bonds. The molecule has 1 aromatic heterocycles. The molecule has 1 heterocycles. The zero-order chi connectivity index (χ0) is 23.2. The van der Waals surface area contributed by atoms with Gasteiger partial charge in [-0.2, -0.15) is 0 Å². The van der Waals surface area contributed by atoms with Gasteiger partial charge in [0.25, 0.3) is 0 Å². The molecule has 3 aromatic rings. The number of rotatable bonds is 10. The van der Waals surface area contributed by atoms with Gasteiger partial charge in [0, 0.05) is 13.1 Å². The van der Waals surface area contributed by atoms with Crippen LogP contribution in [0.4, 0.5) is 5.82 Å². The van der Waals surface area contributed by atoms with E-state index in [4.69, 9.17) is 5.73 Å². The first-order valence-electron chi connectivity index (χ1n) is 10.0. The van der Waals surface area contributed by atoms with Gasteiger partial charge in [-0.05, 0) is 37.0 Å². The molecule has 0 radical (unpaired) electrons. The maximum atomic E-state index is 12.8. The molecule has 0 spiro atoms. The fourth-order valence-corrected chi connectivity index (χ4v) is 5.61. The Kier molecular flexibility index (Phi) is 7.62. The number of anilines is 1. The Morgan fingerprint density at radius 2 is 1.19 bits per heavy atom. The average molecular weight is 475 g/mol. The third kappa shape index (κ3) is 6.13. The molecule has 0 atom stereocenters. The molecule has 4 N–H and O–H groups in total. The third-order valence-corrected chi connectivity index (χ3v) is 7.90. The van der Waals surface area contributed by atoms with Crippen molar-refractivity contribution in [3.63, 3.8) is 0 Å². The highest BCUT2D eigenvalue weighted by molar-refractivity contribution is 7.90. The molecule has 0 aliphatic rings. The number of hydrogen-bond donors (Lipinski definition) is 3. The van der Waals surface area contributed by atoms with E-state index in [-0.39, 0.29) is 34.4 Å². The Labute approximate surface area is 189 Å². The van der Waals surface area contributed by atoms with Crippen LogP contribution in [0.25, 0.3) is 0 Å². The van der Waals surface area contributed by atoms with Crippen molar-refractivity contribution in [3.05, 3.63) is 83.6 Å². The number of pyridine rings is 1. The predicted molar refractivity (Wildman–Crippen MR) is 124 cm³/mol. The van der Waals surface area contributed by atoms with Crippen molar-refractivity contribution in [2.45, 2.75) is 29.6 Å². The Bertz CT molecular complexity index is 1170. The molecular weight excluding hydrogens is 448 g/mol. The second-order valence-electron chi connectivity index (χ2n) is 7.22. The molecule has 0 aliphatic carbocycles. The highest BCUT2D eigenvalue weighted by Gasteiger charge is 2.25. The molecule has 2 aromatic carbocycles. The SMILES string of the molecule is Cc1nc(N)c(S(=O)(=O)NCCc2ccccc2)cc1S(=O)(=O)NCCc1ccccc1. The summed E-state index contributed by atoms with van der Waals surface area (Å²) in [6.07, 6.45) is 0.971. The number of nitrogens with two attached hydrogens (primary N) is 1. The summed E-state index contributed by atoms with van der Waals surface area (Å²) in [6, 6.07) is 19.9. The quantitative estimate of drug-likeness (QED) is 0.412. The molecule has 0 fully saturated rings. The van der Waals surface area contributed by atoms with Gasteiger partial charge in [-0.15, -0.1) is 0 Å². The monoisotopic (exact) mass is 474 g/mol. The summed E-state index contributed by atoms with van der Waals surface area (Å²) in [4.78, 5) is 3.40. The Morgan fingerprint density at radius 3 is 1.66 bits per heavy atom. The number of nitrogens with one attached hydrogen (secondary N) is 2. The number of benzene rings is 2. The van der Waals surface area contributed by atoms with E-state index in [0.717, 1.165) is 17.2 Å². The van der Waals surface area contributed by atoms with Crippen molar-refractivity contribution < 1.29 is 16.8 Å². The molecule has 10 heteroatoms. The van der Waals surface area contributed by atoms with Crippen molar-refractivity contribution >= 4 is 25.9 Å². The minimum Gasteiger partial charge on any atom is -0.383 e. The number of nitrogen functional groups attached to an aromatic ring is 1. The van der Waals surface area contributed by atoms with Crippen LogP contribution in [0.1, 0.15) is 16.8 Å². The van der Waals surface area contributed by atoms with Crippen molar-refractivity contribution in [2.24, 2.45) is 0 Å². The van der Waals surface area contributed by atoms with Crippen LogP contribution in [0.3, 0.4) is 0 Å². The third-order valence-electron chi connectivity index (χ3n) is 4.84. The van der Waals surface area contributed by atoms with Crippen LogP contribution < -0.4 is 15.2 Å². The lowest BCUT2D eigenvalue weighted by Gasteiger charge is -2.13. The van der Waals surface area contributed by atoms with E-state index in [1.807, 2.05) is 60.7 Å². The Hall–Kier alpha value is -2.79. The van der Waals surface area contributed by atoms with Crippen LogP contribution >= 0.6 is 0 Å². The summed E-state index contributed by atoms with van der Waals surface area (Å²) >= 11 is 0. The van der Waals surface area contributed by atoms with Crippen LogP contribution in [0.15, 0.2) is 76.5 Å². The van der Waals surface area contributed by atoms with Gasteiger partial charge in [0.05, 0.1) is 5.69 Å². The second kappa shape index (κ2) is 10.2. The number of sulfonamides is 2. The molecule has 170 valence electrons. The van der Waals surface area contributed by atoms with Gasteiger partial charge in [0.1, 0.15) is 15.6 Å². The van der Waals surface area contributed by atoms with Crippen molar-refractivity contribution in [1.82, 2.24) is 14.4 Å². The lowest BCUT2D eigenvalue weighted by atomic mass is 10.2. The number of hydrogen-bond acceptors (Lipinski definition) is 6. The molecule has 32 heavy (non-hydrogen) atoms. The summed E-state index contributed by atoms with van der Waals surface area (Å²) in [5.41, 5.74) is 7.90. The molecule has 0 unspecified atom stereocenters. The first kappa shape index (κ1) is 23.9. The predicted octanol–water partition coefficient (Wildman–Crippen LogP) is 2.01. The molecular formula is C22H26N4O4S2. The number of aromatic nitrogens is 1. The molecule has 8 nitrogen and oxygen atoms in total. The summed E-state index contributed by atoms with van der Waals surface area (Å²) in [7, 11) is -8.04. The summed E-state index contributed by atoms with van der Waals surface area (Å²) in [5, 5.41) is 0. The molecule has 3 rings (SSSR count). The summed E-state index contributed by atoms with van der Waals surface area (Å²) < 4.78 is 56.2. The maximum Gasteiger partial charge on any atom is 0.244 e. The average Bonchev–Trinajstić information content (AvgIpc) is 2.74. The van der Waals surface area contributed by atoms with E-state index in [9.17, 15) is 16.8 Å². The standard InChI is InChI=1S/C22H26N4O4S2/c1-17-20(31(27,28)24-14-12-18-8-4-2-5-9-18)16-21(22(23)26-17)32(29,30)25-15-13-19-10-6-3-7-11-19/h2-11,16,24-25H,12-15H2,1H3,(H2,23,26). The molecule has 0 saturated heterocycles. The van der Waals surface area contributed by atoms with E-state index in [1.54, 1.807) is 0 Å². The first-order valence-corrected chi connectivity index (χ1v) is 13.0. The zero-order valence-corrected chi connectivity index (χ0v) is 19.3. The minimum atomic E-state index is -4.05. The van der Waals surface area contributed by atoms with E-state index in [0.29, 0.717) is 12.8 Å². The second-order valence-corrected chi connectivity index (χ2v) is 10.7. The fraction of sp³-hybridized carbons (Fsp3) is 0.227. The van der Waals surface area contributed by atoms with Crippen molar-refractivity contribution in [1.29, 1.82) is 0 Å². The largest absolute Gasteiger partial charge is 0.383 e. The van der Waals surface area contributed by atoms with Gasteiger partial charge in [-0.3, -0.25) is 0 Å². The van der Waals surface area contributed by atoms with Gasteiger partial charge in [-0.1, -0.05) is 60.7 Å². The minimum absolute atomic E-state index is 0.123. The van der Waals surface area contributed by atoms with Gasteiger partial charge in [0.2, 0.25) is 20.0 Å². The van der Waals surface area contributed by atoms with Crippen LogP contribution in [0.2, 0.25) is 0 Å². The smallest absolute Gasteiger partial charge is 0.244 e. The van der Waals surface area contributed by atoms with Gasteiger partial charge < -0.3 is 5.73 Å². The van der Waals surface area contributed by atoms with Gasteiger partial charge in [0.15, 0.2) is 0 Å². The molecule has 0 saturated carbocycles. The molecule has 0 bridgehead atoms. The molecule has 0 aliphatic heterocycles. The maximum absolute atomic E-state index is 12.8. The Balaban J connectivity index is 1.75. The summed E-state index contributed by atoms with van der Waals surface area (Å²) in [6.45, 7) is 1.77.